The highest BCUT2D eigenvalue weighted by Gasteiger charge is 2.17. The van der Waals surface area contributed by atoms with Crippen molar-refractivity contribution in [1.29, 1.82) is 0 Å². The zero-order valence-corrected chi connectivity index (χ0v) is 10.0. The van der Waals surface area contributed by atoms with Gasteiger partial charge in [0.15, 0.2) is 0 Å². The summed E-state index contributed by atoms with van der Waals surface area (Å²) in [6.07, 6.45) is 3.30. The van der Waals surface area contributed by atoms with Crippen LogP contribution in [0.15, 0.2) is 36.9 Å². The summed E-state index contributed by atoms with van der Waals surface area (Å²) in [7, 11) is 0. The molecule has 0 bridgehead atoms. The third-order valence-corrected chi connectivity index (χ3v) is 2.75. The second-order valence-electron chi connectivity index (χ2n) is 4.11. The molecule has 0 radical (unpaired) electrons. The fraction of sp³-hybridized carbons (Fsp3) is 0.286. The largest absolute Gasteiger partial charge is 0.481 e. The van der Waals surface area contributed by atoms with Crippen molar-refractivity contribution < 1.29 is 19.8 Å². The standard InChI is InChI=1S/C14H16O4/c1-2-3-4-12(14(17)18)9-10-5-7-11(8-6-10)13(15)16/h2,5-8,12H,1,3-4,9H2,(H,15,16)(H,17,18). The number of allylic oxidation sites excluding steroid dienone is 1. The van der Waals surface area contributed by atoms with Crippen molar-refractivity contribution in [2.75, 3.05) is 0 Å². The van der Waals surface area contributed by atoms with Crippen molar-refractivity contribution >= 4 is 11.9 Å². The summed E-state index contributed by atoms with van der Waals surface area (Å²) < 4.78 is 0. The van der Waals surface area contributed by atoms with Crippen molar-refractivity contribution in [2.45, 2.75) is 19.3 Å². The van der Waals surface area contributed by atoms with E-state index in [4.69, 9.17) is 10.2 Å². The van der Waals surface area contributed by atoms with Gasteiger partial charge in [0.05, 0.1) is 11.5 Å². The summed E-state index contributed by atoms with van der Waals surface area (Å²) in [6, 6.07) is 6.30. The van der Waals surface area contributed by atoms with Crippen molar-refractivity contribution in [3.63, 3.8) is 0 Å². The van der Waals surface area contributed by atoms with E-state index in [0.717, 1.165) is 5.56 Å². The quantitative estimate of drug-likeness (QED) is 0.727. The molecule has 18 heavy (non-hydrogen) atoms. The fourth-order valence-electron chi connectivity index (χ4n) is 1.70. The van der Waals surface area contributed by atoms with E-state index in [-0.39, 0.29) is 5.56 Å². The number of benzene rings is 1. The number of aliphatic carboxylic acids is 1. The molecular weight excluding hydrogens is 232 g/mol. The minimum Gasteiger partial charge on any atom is -0.481 e. The summed E-state index contributed by atoms with van der Waals surface area (Å²) in [4.78, 5) is 21.7. The van der Waals surface area contributed by atoms with Gasteiger partial charge in [-0.2, -0.15) is 0 Å². The Labute approximate surface area is 106 Å². The van der Waals surface area contributed by atoms with E-state index >= 15 is 0 Å². The Kier molecular flexibility index (Phi) is 5.11. The highest BCUT2D eigenvalue weighted by atomic mass is 16.4. The van der Waals surface area contributed by atoms with E-state index in [0.29, 0.717) is 19.3 Å². The molecule has 1 aromatic rings. The summed E-state index contributed by atoms with van der Waals surface area (Å²) in [5, 5.41) is 17.8. The first kappa shape index (κ1) is 14.0. The molecule has 0 spiro atoms. The van der Waals surface area contributed by atoms with E-state index in [9.17, 15) is 9.59 Å². The molecule has 0 saturated heterocycles. The molecule has 2 N–H and O–H groups in total. The third kappa shape index (κ3) is 4.05. The van der Waals surface area contributed by atoms with Crippen LogP contribution in [0.2, 0.25) is 0 Å². The Morgan fingerprint density at radius 2 is 1.83 bits per heavy atom. The van der Waals surface area contributed by atoms with Crippen molar-refractivity contribution in [2.24, 2.45) is 5.92 Å². The lowest BCUT2D eigenvalue weighted by atomic mass is 9.94. The average Bonchev–Trinajstić information content (AvgIpc) is 2.34. The van der Waals surface area contributed by atoms with Crippen LogP contribution >= 0.6 is 0 Å². The predicted octanol–water partition coefficient (Wildman–Crippen LogP) is 2.59. The van der Waals surface area contributed by atoms with Crippen LogP contribution < -0.4 is 0 Å². The van der Waals surface area contributed by atoms with Gasteiger partial charge in [-0.25, -0.2) is 4.79 Å². The molecule has 0 fully saturated rings. The topological polar surface area (TPSA) is 74.6 Å². The highest BCUT2D eigenvalue weighted by Crippen LogP contribution is 2.15. The van der Waals surface area contributed by atoms with Crippen LogP contribution in [-0.4, -0.2) is 22.2 Å². The molecule has 0 heterocycles. The highest BCUT2D eigenvalue weighted by molar-refractivity contribution is 5.87. The molecule has 96 valence electrons. The molecule has 1 unspecified atom stereocenters. The number of aromatic carboxylic acids is 1. The maximum absolute atomic E-state index is 11.1. The van der Waals surface area contributed by atoms with E-state index in [1.165, 1.54) is 12.1 Å². The zero-order chi connectivity index (χ0) is 13.5. The van der Waals surface area contributed by atoms with Crippen LogP contribution in [0.3, 0.4) is 0 Å². The summed E-state index contributed by atoms with van der Waals surface area (Å²) in [5.41, 5.74) is 1.04. The maximum Gasteiger partial charge on any atom is 0.335 e. The summed E-state index contributed by atoms with van der Waals surface area (Å²) in [6.45, 7) is 3.57. The number of carboxylic acid groups (broad SMARTS) is 2. The Hall–Kier alpha value is -2.10. The average molecular weight is 248 g/mol. The lowest BCUT2D eigenvalue weighted by Crippen LogP contribution is -2.16. The van der Waals surface area contributed by atoms with E-state index in [2.05, 4.69) is 6.58 Å². The van der Waals surface area contributed by atoms with Crippen molar-refractivity contribution in [3.8, 4) is 0 Å². The lowest BCUT2D eigenvalue weighted by Gasteiger charge is -2.11. The Balaban J connectivity index is 2.71. The Morgan fingerprint density at radius 1 is 1.22 bits per heavy atom. The molecule has 0 aliphatic rings. The molecule has 0 aliphatic heterocycles. The Bertz CT molecular complexity index is 434. The van der Waals surface area contributed by atoms with E-state index < -0.39 is 17.9 Å². The molecule has 0 saturated carbocycles. The second-order valence-corrected chi connectivity index (χ2v) is 4.11. The van der Waals surface area contributed by atoms with Crippen LogP contribution in [0, 0.1) is 5.92 Å². The monoisotopic (exact) mass is 248 g/mol. The van der Waals surface area contributed by atoms with Gasteiger partial charge in [-0.1, -0.05) is 18.2 Å². The molecule has 4 heteroatoms. The zero-order valence-electron chi connectivity index (χ0n) is 10.0. The van der Waals surface area contributed by atoms with Crippen LogP contribution in [0.1, 0.15) is 28.8 Å². The summed E-state index contributed by atoms with van der Waals surface area (Å²) in [5.74, 6) is -2.28. The third-order valence-electron chi connectivity index (χ3n) is 2.75. The molecule has 0 aliphatic carbocycles. The number of hydrogen-bond acceptors (Lipinski definition) is 2. The first-order chi connectivity index (χ1) is 8.54. The molecule has 4 nitrogen and oxygen atoms in total. The summed E-state index contributed by atoms with van der Waals surface area (Å²) >= 11 is 0. The van der Waals surface area contributed by atoms with Crippen LogP contribution in [0.5, 0.6) is 0 Å². The first-order valence-corrected chi connectivity index (χ1v) is 5.70. The van der Waals surface area contributed by atoms with Gasteiger partial charge in [0.1, 0.15) is 0 Å². The van der Waals surface area contributed by atoms with Gasteiger partial charge in [-0.3, -0.25) is 4.79 Å². The molecule has 1 rings (SSSR count). The lowest BCUT2D eigenvalue weighted by molar-refractivity contribution is -0.141. The molecule has 1 aromatic carbocycles. The number of carboxylic acids is 2. The minimum absolute atomic E-state index is 0.205. The number of carbonyl (C=O) groups is 2. The van der Waals surface area contributed by atoms with Gasteiger partial charge in [0.25, 0.3) is 0 Å². The van der Waals surface area contributed by atoms with Gasteiger partial charge < -0.3 is 10.2 Å². The van der Waals surface area contributed by atoms with Crippen molar-refractivity contribution in [1.82, 2.24) is 0 Å². The first-order valence-electron chi connectivity index (χ1n) is 5.70. The molecule has 0 aromatic heterocycles. The van der Waals surface area contributed by atoms with Gasteiger partial charge >= 0.3 is 11.9 Å². The number of rotatable bonds is 7. The van der Waals surface area contributed by atoms with Gasteiger partial charge in [0, 0.05) is 0 Å². The maximum atomic E-state index is 11.1. The van der Waals surface area contributed by atoms with Crippen LogP contribution in [0.4, 0.5) is 0 Å². The molecular formula is C14H16O4. The van der Waals surface area contributed by atoms with E-state index in [1.54, 1.807) is 18.2 Å². The number of hydrogen-bond donors (Lipinski definition) is 2. The van der Waals surface area contributed by atoms with Gasteiger partial charge in [-0.05, 0) is 37.0 Å². The molecule has 1 atom stereocenters. The SMILES string of the molecule is C=CCCC(Cc1ccc(C(=O)O)cc1)C(=O)O. The van der Waals surface area contributed by atoms with Crippen LogP contribution in [0.25, 0.3) is 0 Å². The minimum atomic E-state index is -0.983. The molecule has 0 amide bonds. The normalized spacial score (nSPS) is 11.8. The smallest absolute Gasteiger partial charge is 0.335 e. The van der Waals surface area contributed by atoms with Crippen molar-refractivity contribution in [3.05, 3.63) is 48.0 Å². The van der Waals surface area contributed by atoms with Gasteiger partial charge in [-0.15, -0.1) is 6.58 Å². The predicted molar refractivity (Wildman–Crippen MR) is 67.7 cm³/mol. The Morgan fingerprint density at radius 3 is 2.28 bits per heavy atom. The van der Waals surface area contributed by atoms with Crippen LogP contribution in [-0.2, 0) is 11.2 Å². The fourth-order valence-corrected chi connectivity index (χ4v) is 1.70. The second kappa shape index (κ2) is 6.59. The van der Waals surface area contributed by atoms with E-state index in [1.807, 2.05) is 0 Å². The van der Waals surface area contributed by atoms with Gasteiger partial charge in [0.2, 0.25) is 0 Å².